The van der Waals surface area contributed by atoms with Crippen LogP contribution in [0.4, 0.5) is 0 Å². The van der Waals surface area contributed by atoms with E-state index in [1.807, 2.05) is 6.92 Å². The number of sulfonamides is 1. The third-order valence-corrected chi connectivity index (χ3v) is 4.54. The van der Waals surface area contributed by atoms with Gasteiger partial charge in [0.05, 0.1) is 4.90 Å². The molecule has 0 heterocycles. The third-order valence-electron chi connectivity index (χ3n) is 2.67. The van der Waals surface area contributed by atoms with E-state index in [-0.39, 0.29) is 4.90 Å². The largest absolute Gasteiger partial charge is 0.366 e. The minimum Gasteiger partial charge on any atom is -0.366 e. The number of hydrogen-bond donors (Lipinski definition) is 1. The Hall–Kier alpha value is -1.40. The van der Waals surface area contributed by atoms with Crippen LogP contribution in [0.1, 0.15) is 30.1 Å². The molecular formula is C12H18N2O3S. The van der Waals surface area contributed by atoms with Crippen LogP contribution < -0.4 is 5.73 Å². The average Bonchev–Trinajstić information content (AvgIpc) is 2.35. The molecule has 1 amide bonds. The maximum absolute atomic E-state index is 12.1. The van der Waals surface area contributed by atoms with Crippen molar-refractivity contribution < 1.29 is 13.2 Å². The van der Waals surface area contributed by atoms with Gasteiger partial charge in [0.25, 0.3) is 0 Å². The summed E-state index contributed by atoms with van der Waals surface area (Å²) >= 11 is 0. The van der Waals surface area contributed by atoms with E-state index in [0.717, 1.165) is 12.8 Å². The molecule has 0 saturated heterocycles. The minimum absolute atomic E-state index is 0.172. The van der Waals surface area contributed by atoms with Gasteiger partial charge < -0.3 is 5.73 Å². The molecule has 0 atom stereocenters. The van der Waals surface area contributed by atoms with Crippen molar-refractivity contribution in [3.8, 4) is 0 Å². The van der Waals surface area contributed by atoms with Crippen molar-refractivity contribution in [1.29, 1.82) is 0 Å². The Kier molecular flexibility index (Phi) is 4.86. The Balaban J connectivity index is 2.94. The van der Waals surface area contributed by atoms with Gasteiger partial charge in [0.15, 0.2) is 0 Å². The van der Waals surface area contributed by atoms with Gasteiger partial charge in [-0.05, 0) is 30.7 Å². The molecule has 0 aliphatic heterocycles. The van der Waals surface area contributed by atoms with Crippen LogP contribution >= 0.6 is 0 Å². The van der Waals surface area contributed by atoms with Crippen LogP contribution in [-0.2, 0) is 10.0 Å². The highest BCUT2D eigenvalue weighted by Gasteiger charge is 2.20. The van der Waals surface area contributed by atoms with E-state index in [1.54, 1.807) is 7.05 Å². The Labute approximate surface area is 108 Å². The number of nitrogens with zero attached hydrogens (tertiary/aromatic N) is 1. The summed E-state index contributed by atoms with van der Waals surface area (Å²) in [7, 11) is -1.92. The molecule has 1 aromatic carbocycles. The Morgan fingerprint density at radius 3 is 2.28 bits per heavy atom. The molecular weight excluding hydrogens is 252 g/mol. The third kappa shape index (κ3) is 3.30. The number of nitrogens with two attached hydrogens (primary N) is 1. The zero-order valence-corrected chi connectivity index (χ0v) is 11.4. The van der Waals surface area contributed by atoms with Gasteiger partial charge >= 0.3 is 0 Å². The standard InChI is InChI=1S/C12H18N2O3S/c1-3-4-9-14(2)18(16,17)11-7-5-10(6-8-11)12(13)15/h5-8H,3-4,9H2,1-2H3,(H2,13,15). The van der Waals surface area contributed by atoms with Crippen molar-refractivity contribution in [2.45, 2.75) is 24.7 Å². The smallest absolute Gasteiger partial charge is 0.248 e. The van der Waals surface area contributed by atoms with Crippen LogP contribution in [0.3, 0.4) is 0 Å². The highest BCUT2D eigenvalue weighted by molar-refractivity contribution is 7.89. The molecule has 6 heteroatoms. The molecule has 0 spiro atoms. The average molecular weight is 270 g/mol. The second kappa shape index (κ2) is 5.97. The summed E-state index contributed by atoms with van der Waals surface area (Å²) in [5, 5.41) is 0. The highest BCUT2D eigenvalue weighted by Crippen LogP contribution is 2.15. The fraction of sp³-hybridized carbons (Fsp3) is 0.417. The number of benzene rings is 1. The second-order valence-corrected chi connectivity index (χ2v) is 6.11. The molecule has 1 aromatic rings. The monoisotopic (exact) mass is 270 g/mol. The fourth-order valence-corrected chi connectivity index (χ4v) is 2.68. The van der Waals surface area contributed by atoms with E-state index >= 15 is 0 Å². The number of carbonyl (C=O) groups excluding carboxylic acids is 1. The predicted octanol–water partition coefficient (Wildman–Crippen LogP) is 1.21. The number of carbonyl (C=O) groups is 1. The van der Waals surface area contributed by atoms with Crippen molar-refractivity contribution in [1.82, 2.24) is 4.31 Å². The van der Waals surface area contributed by atoms with Crippen LogP contribution in [0.5, 0.6) is 0 Å². The quantitative estimate of drug-likeness (QED) is 0.843. The minimum atomic E-state index is -3.47. The zero-order valence-electron chi connectivity index (χ0n) is 10.6. The summed E-state index contributed by atoms with van der Waals surface area (Å²) < 4.78 is 25.6. The molecule has 0 aliphatic carbocycles. The first-order valence-corrected chi connectivity index (χ1v) is 7.19. The second-order valence-electron chi connectivity index (χ2n) is 4.07. The Bertz CT molecular complexity index is 509. The summed E-state index contributed by atoms with van der Waals surface area (Å²) in [6.45, 7) is 2.48. The first kappa shape index (κ1) is 14.7. The summed E-state index contributed by atoms with van der Waals surface area (Å²) in [6, 6.07) is 5.64. The summed E-state index contributed by atoms with van der Waals surface area (Å²) in [5.41, 5.74) is 5.40. The summed E-state index contributed by atoms with van der Waals surface area (Å²) in [4.78, 5) is 11.1. The lowest BCUT2D eigenvalue weighted by molar-refractivity contribution is 0.1000. The molecule has 1 rings (SSSR count). The van der Waals surface area contributed by atoms with Crippen LogP contribution in [0.15, 0.2) is 29.2 Å². The van der Waals surface area contributed by atoms with E-state index in [1.165, 1.54) is 28.6 Å². The number of amides is 1. The maximum atomic E-state index is 12.1. The van der Waals surface area contributed by atoms with E-state index in [4.69, 9.17) is 5.73 Å². The lowest BCUT2D eigenvalue weighted by Crippen LogP contribution is -2.28. The number of unbranched alkanes of at least 4 members (excludes halogenated alkanes) is 1. The van der Waals surface area contributed by atoms with Gasteiger partial charge in [-0.1, -0.05) is 13.3 Å². The number of rotatable bonds is 6. The van der Waals surface area contributed by atoms with Gasteiger partial charge in [-0.15, -0.1) is 0 Å². The first-order valence-electron chi connectivity index (χ1n) is 5.75. The highest BCUT2D eigenvalue weighted by atomic mass is 32.2. The van der Waals surface area contributed by atoms with Crippen LogP contribution in [0.2, 0.25) is 0 Å². The molecule has 0 aromatic heterocycles. The maximum Gasteiger partial charge on any atom is 0.248 e. The molecule has 18 heavy (non-hydrogen) atoms. The van der Waals surface area contributed by atoms with Crippen LogP contribution in [0, 0.1) is 0 Å². The molecule has 0 saturated carbocycles. The lowest BCUT2D eigenvalue weighted by Gasteiger charge is -2.16. The normalized spacial score (nSPS) is 11.7. The van der Waals surface area contributed by atoms with Crippen molar-refractivity contribution >= 4 is 15.9 Å². The van der Waals surface area contributed by atoms with Crippen molar-refractivity contribution in [2.24, 2.45) is 5.73 Å². The predicted molar refractivity (Wildman–Crippen MR) is 69.7 cm³/mol. The summed E-state index contributed by atoms with van der Waals surface area (Å²) in [6.07, 6.45) is 1.75. The molecule has 0 unspecified atom stereocenters. The van der Waals surface area contributed by atoms with E-state index in [0.29, 0.717) is 12.1 Å². The van der Waals surface area contributed by atoms with Gasteiger partial charge in [-0.3, -0.25) is 4.79 Å². The molecule has 0 radical (unpaired) electrons. The molecule has 0 bridgehead atoms. The van der Waals surface area contributed by atoms with Gasteiger partial charge in [-0.25, -0.2) is 12.7 Å². The van der Waals surface area contributed by atoms with Crippen molar-refractivity contribution in [3.05, 3.63) is 29.8 Å². The molecule has 0 fully saturated rings. The lowest BCUT2D eigenvalue weighted by atomic mass is 10.2. The number of hydrogen-bond acceptors (Lipinski definition) is 3. The SMILES string of the molecule is CCCCN(C)S(=O)(=O)c1ccc(C(N)=O)cc1. The fourth-order valence-electron chi connectivity index (χ4n) is 1.47. The van der Waals surface area contributed by atoms with Gasteiger partial charge in [0, 0.05) is 19.2 Å². The van der Waals surface area contributed by atoms with E-state index in [9.17, 15) is 13.2 Å². The number of primary amides is 1. The Morgan fingerprint density at radius 1 is 1.28 bits per heavy atom. The molecule has 2 N–H and O–H groups in total. The summed E-state index contributed by atoms with van der Waals surface area (Å²) in [5.74, 6) is -0.571. The van der Waals surface area contributed by atoms with Gasteiger partial charge in [-0.2, -0.15) is 0 Å². The molecule has 100 valence electrons. The van der Waals surface area contributed by atoms with E-state index < -0.39 is 15.9 Å². The van der Waals surface area contributed by atoms with Crippen LogP contribution in [-0.4, -0.2) is 32.2 Å². The van der Waals surface area contributed by atoms with Crippen LogP contribution in [0.25, 0.3) is 0 Å². The zero-order chi connectivity index (χ0) is 13.8. The van der Waals surface area contributed by atoms with Gasteiger partial charge in [0.2, 0.25) is 15.9 Å². The van der Waals surface area contributed by atoms with Crippen molar-refractivity contribution in [3.63, 3.8) is 0 Å². The topological polar surface area (TPSA) is 80.5 Å². The van der Waals surface area contributed by atoms with Gasteiger partial charge in [0.1, 0.15) is 0 Å². The van der Waals surface area contributed by atoms with Crippen molar-refractivity contribution in [2.75, 3.05) is 13.6 Å². The molecule has 0 aliphatic rings. The molecule has 5 nitrogen and oxygen atoms in total. The van der Waals surface area contributed by atoms with E-state index in [2.05, 4.69) is 0 Å². The Morgan fingerprint density at radius 2 is 1.83 bits per heavy atom. The first-order chi connectivity index (χ1) is 8.39.